The first-order valence-corrected chi connectivity index (χ1v) is 9.70. The predicted octanol–water partition coefficient (Wildman–Crippen LogP) is 1.73. The van der Waals surface area contributed by atoms with E-state index in [9.17, 15) is 9.90 Å². The molecule has 5 heteroatoms. The first-order chi connectivity index (χ1) is 12.3. The van der Waals surface area contributed by atoms with E-state index in [1.165, 1.54) is 12.8 Å². The summed E-state index contributed by atoms with van der Waals surface area (Å²) in [7, 11) is 0. The molecule has 2 aliphatic rings. The van der Waals surface area contributed by atoms with Crippen molar-refractivity contribution in [1.82, 2.24) is 15.1 Å². The zero-order valence-electron chi connectivity index (χ0n) is 15.1. The second kappa shape index (κ2) is 9.32. The summed E-state index contributed by atoms with van der Waals surface area (Å²) < 4.78 is 0. The Labute approximate surface area is 151 Å². The lowest BCUT2D eigenvalue weighted by molar-refractivity contribution is 0.0697. The zero-order valence-corrected chi connectivity index (χ0v) is 15.1. The fourth-order valence-corrected chi connectivity index (χ4v) is 4.02. The van der Waals surface area contributed by atoms with Crippen LogP contribution in [0.15, 0.2) is 30.3 Å². The van der Waals surface area contributed by atoms with Gasteiger partial charge in [-0.1, -0.05) is 24.6 Å². The highest BCUT2D eigenvalue weighted by atomic mass is 16.3. The molecule has 2 aliphatic heterocycles. The van der Waals surface area contributed by atoms with Gasteiger partial charge in [0.1, 0.15) is 0 Å². The quantitative estimate of drug-likeness (QED) is 0.824. The fourth-order valence-electron chi connectivity index (χ4n) is 4.02. The Morgan fingerprint density at radius 3 is 2.56 bits per heavy atom. The van der Waals surface area contributed by atoms with Gasteiger partial charge in [-0.15, -0.1) is 0 Å². The van der Waals surface area contributed by atoms with Gasteiger partial charge in [0.2, 0.25) is 0 Å². The van der Waals surface area contributed by atoms with Gasteiger partial charge in [-0.25, -0.2) is 0 Å². The molecule has 0 spiro atoms. The van der Waals surface area contributed by atoms with Gasteiger partial charge in [0.25, 0.3) is 5.91 Å². The third kappa shape index (κ3) is 5.03. The van der Waals surface area contributed by atoms with Crippen molar-refractivity contribution in [2.24, 2.45) is 0 Å². The molecule has 2 N–H and O–H groups in total. The standard InChI is InChI=1S/C20H31N3O2/c24-16-19-8-4-5-12-22(19)15-11-21-18-9-13-23(14-10-18)20(25)17-6-2-1-3-7-17/h1-3,6-7,18-19,21,24H,4-5,8-16H2/t19-/m1/s1. The summed E-state index contributed by atoms with van der Waals surface area (Å²) >= 11 is 0. The summed E-state index contributed by atoms with van der Waals surface area (Å²) in [5.41, 5.74) is 0.786. The molecule has 2 saturated heterocycles. The molecule has 0 unspecified atom stereocenters. The lowest BCUT2D eigenvalue weighted by Gasteiger charge is -2.36. The molecular weight excluding hydrogens is 314 g/mol. The van der Waals surface area contributed by atoms with Gasteiger partial charge < -0.3 is 15.3 Å². The molecular formula is C20H31N3O2. The van der Waals surface area contributed by atoms with E-state index in [1.54, 1.807) is 0 Å². The lowest BCUT2D eigenvalue weighted by Crippen LogP contribution is -2.48. The minimum atomic E-state index is 0.151. The number of aliphatic hydroxyl groups excluding tert-OH is 1. The maximum Gasteiger partial charge on any atom is 0.253 e. The summed E-state index contributed by atoms with van der Waals surface area (Å²) in [5.74, 6) is 0.151. The van der Waals surface area contributed by atoms with Crippen LogP contribution in [0.3, 0.4) is 0 Å². The van der Waals surface area contributed by atoms with Crippen LogP contribution in [0.1, 0.15) is 42.5 Å². The topological polar surface area (TPSA) is 55.8 Å². The van der Waals surface area contributed by atoms with Gasteiger partial charge in [0.15, 0.2) is 0 Å². The van der Waals surface area contributed by atoms with Gasteiger partial charge in [0.05, 0.1) is 6.61 Å². The monoisotopic (exact) mass is 345 g/mol. The molecule has 3 rings (SSSR count). The van der Waals surface area contributed by atoms with Crippen LogP contribution in [0, 0.1) is 0 Å². The normalized spacial score (nSPS) is 22.9. The summed E-state index contributed by atoms with van der Waals surface area (Å²) in [5, 5.41) is 13.1. The minimum absolute atomic E-state index is 0.151. The molecule has 0 bridgehead atoms. The molecule has 0 saturated carbocycles. The van der Waals surface area contributed by atoms with E-state index in [4.69, 9.17) is 0 Å². The summed E-state index contributed by atoms with van der Waals surface area (Å²) in [6.07, 6.45) is 5.64. The molecule has 2 heterocycles. The number of aliphatic hydroxyl groups is 1. The van der Waals surface area contributed by atoms with Gasteiger partial charge in [-0.05, 0) is 44.4 Å². The molecule has 138 valence electrons. The molecule has 1 aromatic carbocycles. The molecule has 1 atom stereocenters. The van der Waals surface area contributed by atoms with Gasteiger partial charge in [-0.2, -0.15) is 0 Å². The number of hydrogen-bond donors (Lipinski definition) is 2. The highest BCUT2D eigenvalue weighted by Crippen LogP contribution is 2.17. The maximum atomic E-state index is 12.5. The molecule has 0 radical (unpaired) electrons. The highest BCUT2D eigenvalue weighted by Gasteiger charge is 2.24. The van der Waals surface area contributed by atoms with E-state index in [0.29, 0.717) is 12.1 Å². The van der Waals surface area contributed by atoms with E-state index >= 15 is 0 Å². The predicted molar refractivity (Wildman–Crippen MR) is 99.7 cm³/mol. The molecule has 2 fully saturated rings. The third-order valence-corrected chi connectivity index (χ3v) is 5.59. The molecule has 1 amide bonds. The molecule has 0 aliphatic carbocycles. The largest absolute Gasteiger partial charge is 0.395 e. The van der Waals surface area contributed by atoms with Crippen molar-refractivity contribution < 1.29 is 9.90 Å². The molecule has 5 nitrogen and oxygen atoms in total. The number of amides is 1. The lowest BCUT2D eigenvalue weighted by atomic mass is 10.0. The van der Waals surface area contributed by atoms with Crippen LogP contribution < -0.4 is 5.32 Å². The van der Waals surface area contributed by atoms with Crippen molar-refractivity contribution in [3.8, 4) is 0 Å². The molecule has 0 aromatic heterocycles. The number of nitrogens with zero attached hydrogens (tertiary/aromatic N) is 2. The van der Waals surface area contributed by atoms with Crippen molar-refractivity contribution in [3.63, 3.8) is 0 Å². The van der Waals surface area contributed by atoms with Crippen molar-refractivity contribution in [1.29, 1.82) is 0 Å². The van der Waals surface area contributed by atoms with E-state index in [0.717, 1.165) is 57.5 Å². The van der Waals surface area contributed by atoms with Crippen LogP contribution in [-0.2, 0) is 0 Å². The average Bonchev–Trinajstić information content (AvgIpc) is 2.69. The Bertz CT molecular complexity index is 529. The highest BCUT2D eigenvalue weighted by molar-refractivity contribution is 5.94. The van der Waals surface area contributed by atoms with E-state index < -0.39 is 0 Å². The third-order valence-electron chi connectivity index (χ3n) is 5.59. The Hall–Kier alpha value is -1.43. The SMILES string of the molecule is O=C(c1ccccc1)N1CCC(NCCN2CCCC[C@@H]2CO)CC1. The van der Waals surface area contributed by atoms with Crippen LogP contribution in [-0.4, -0.2) is 72.2 Å². The Balaban J connectivity index is 1.37. The number of nitrogens with one attached hydrogen (secondary N) is 1. The first-order valence-electron chi connectivity index (χ1n) is 9.70. The maximum absolute atomic E-state index is 12.5. The van der Waals surface area contributed by atoms with Crippen molar-refractivity contribution in [3.05, 3.63) is 35.9 Å². The summed E-state index contributed by atoms with van der Waals surface area (Å²) in [4.78, 5) is 16.9. The van der Waals surface area contributed by atoms with Gasteiger partial charge >= 0.3 is 0 Å². The van der Waals surface area contributed by atoms with Crippen LogP contribution in [0.5, 0.6) is 0 Å². The Morgan fingerprint density at radius 2 is 1.84 bits per heavy atom. The number of carbonyl (C=O) groups is 1. The first kappa shape index (κ1) is 18.4. The van der Waals surface area contributed by atoms with Crippen LogP contribution in [0.4, 0.5) is 0 Å². The number of benzene rings is 1. The zero-order chi connectivity index (χ0) is 17.5. The van der Waals surface area contributed by atoms with Crippen LogP contribution in [0.25, 0.3) is 0 Å². The Morgan fingerprint density at radius 1 is 1.08 bits per heavy atom. The van der Waals surface area contributed by atoms with Crippen LogP contribution in [0.2, 0.25) is 0 Å². The van der Waals surface area contributed by atoms with Crippen molar-refractivity contribution in [2.45, 2.75) is 44.2 Å². The number of hydrogen-bond acceptors (Lipinski definition) is 4. The van der Waals surface area contributed by atoms with Gasteiger partial charge in [-0.3, -0.25) is 9.69 Å². The second-order valence-corrected chi connectivity index (χ2v) is 7.25. The van der Waals surface area contributed by atoms with E-state index in [-0.39, 0.29) is 12.5 Å². The smallest absolute Gasteiger partial charge is 0.253 e. The van der Waals surface area contributed by atoms with E-state index in [1.807, 2.05) is 35.2 Å². The molecule has 1 aromatic rings. The number of likely N-dealkylation sites (tertiary alicyclic amines) is 2. The van der Waals surface area contributed by atoms with Gasteiger partial charge in [0, 0.05) is 43.8 Å². The van der Waals surface area contributed by atoms with Crippen molar-refractivity contribution in [2.75, 3.05) is 39.3 Å². The summed E-state index contributed by atoms with van der Waals surface area (Å²) in [6, 6.07) is 10.4. The fraction of sp³-hybridized carbons (Fsp3) is 0.650. The number of carbonyl (C=O) groups excluding carboxylic acids is 1. The molecule has 25 heavy (non-hydrogen) atoms. The van der Waals surface area contributed by atoms with Crippen LogP contribution >= 0.6 is 0 Å². The number of piperidine rings is 2. The minimum Gasteiger partial charge on any atom is -0.395 e. The number of rotatable bonds is 6. The second-order valence-electron chi connectivity index (χ2n) is 7.25. The van der Waals surface area contributed by atoms with Crippen molar-refractivity contribution >= 4 is 5.91 Å². The summed E-state index contributed by atoms with van der Waals surface area (Å²) in [6.45, 7) is 5.02. The Kier molecular flexibility index (Phi) is 6.84. The van der Waals surface area contributed by atoms with E-state index in [2.05, 4.69) is 10.2 Å². The average molecular weight is 345 g/mol.